The third-order valence-corrected chi connectivity index (χ3v) is 6.72. The number of urea groups is 1. The number of thioether (sulfide) groups is 1. The monoisotopic (exact) mass is 423 g/mol. The number of carbonyl (C=O) groups excluding carboxylic acids is 3. The van der Waals surface area contributed by atoms with E-state index in [0.717, 1.165) is 49.1 Å². The average molecular weight is 423 g/mol. The number of ether oxygens (including phenoxy) is 1. The van der Waals surface area contributed by atoms with Crippen LogP contribution >= 0.6 is 11.8 Å². The molecule has 11 nitrogen and oxygen atoms in total. The van der Waals surface area contributed by atoms with Gasteiger partial charge in [-0.2, -0.15) is 5.01 Å². The fourth-order valence-electron chi connectivity index (χ4n) is 4.00. The molecule has 1 spiro atoms. The molecule has 29 heavy (non-hydrogen) atoms. The van der Waals surface area contributed by atoms with Crippen LogP contribution in [0.2, 0.25) is 0 Å². The molecular formula is C17H25N7O4S. The quantitative estimate of drug-likeness (QED) is 0.499. The zero-order valence-electron chi connectivity index (χ0n) is 16.3. The highest BCUT2D eigenvalue weighted by atomic mass is 32.2. The largest absolute Gasteiger partial charge is 0.376 e. The molecule has 1 saturated carbocycles. The van der Waals surface area contributed by atoms with Crippen molar-refractivity contribution in [2.24, 2.45) is 5.92 Å². The molecule has 1 atom stereocenters. The van der Waals surface area contributed by atoms with Crippen LogP contribution in [0.3, 0.4) is 0 Å². The summed E-state index contributed by atoms with van der Waals surface area (Å²) in [7, 11) is 0. The lowest BCUT2D eigenvalue weighted by Gasteiger charge is -2.33. The summed E-state index contributed by atoms with van der Waals surface area (Å²) >= 11 is 1.15. The first-order valence-electron chi connectivity index (χ1n) is 9.93. The van der Waals surface area contributed by atoms with Gasteiger partial charge in [-0.05, 0) is 54.9 Å². The zero-order chi connectivity index (χ0) is 20.4. The first-order chi connectivity index (χ1) is 14.0. The first-order valence-corrected chi connectivity index (χ1v) is 10.9. The number of hydrogen-bond donors (Lipinski definition) is 2. The maximum absolute atomic E-state index is 12.8. The summed E-state index contributed by atoms with van der Waals surface area (Å²) in [5.74, 6) is -0.333. The van der Waals surface area contributed by atoms with Crippen LogP contribution < -0.4 is 10.7 Å². The zero-order valence-corrected chi connectivity index (χ0v) is 17.1. The van der Waals surface area contributed by atoms with Crippen LogP contribution in [0.1, 0.15) is 45.4 Å². The molecule has 2 saturated heterocycles. The summed E-state index contributed by atoms with van der Waals surface area (Å²) in [6.45, 7) is 3.41. The van der Waals surface area contributed by atoms with Gasteiger partial charge in [-0.1, -0.05) is 18.7 Å². The smallest absolute Gasteiger partial charge is 0.344 e. The summed E-state index contributed by atoms with van der Waals surface area (Å²) in [5, 5.41) is 15.6. The minimum absolute atomic E-state index is 0.0208. The summed E-state index contributed by atoms with van der Waals surface area (Å²) in [4.78, 5) is 37.4. The Kier molecular flexibility index (Phi) is 5.72. The van der Waals surface area contributed by atoms with Crippen LogP contribution in [0, 0.1) is 5.92 Å². The van der Waals surface area contributed by atoms with Crippen LogP contribution in [0.15, 0.2) is 5.16 Å². The van der Waals surface area contributed by atoms with E-state index in [1.165, 1.54) is 0 Å². The molecule has 4 amide bonds. The standard InChI is InChI=1S/C17H25N7O4S/c1-11-4-6-17(7-5-11)14(26)24(15(27)18-17)20-13(25)10-29-16-19-21-22-23(16)9-12-3-2-8-28-12/h11-12H,2-10H2,1H3,(H,18,27)(H,20,25)/t11?,12-,17?/m0/s1. The SMILES string of the molecule is CC1CCC2(CC1)NC(=O)N(NC(=O)CSc1nnnn1C[C@@H]1CCCO1)C2=O. The van der Waals surface area contributed by atoms with Crippen LogP contribution in [0.5, 0.6) is 0 Å². The second kappa shape index (κ2) is 8.27. The molecule has 1 aromatic rings. The van der Waals surface area contributed by atoms with Crippen molar-refractivity contribution >= 4 is 29.6 Å². The second-order valence-corrected chi connectivity index (χ2v) is 8.88. The van der Waals surface area contributed by atoms with Crippen LogP contribution in [0.4, 0.5) is 4.79 Å². The minimum Gasteiger partial charge on any atom is -0.376 e. The van der Waals surface area contributed by atoms with Crippen molar-refractivity contribution < 1.29 is 19.1 Å². The average Bonchev–Trinajstić information content (AvgIpc) is 3.42. The molecular weight excluding hydrogens is 398 g/mol. The van der Waals surface area contributed by atoms with Gasteiger partial charge in [-0.15, -0.1) is 5.10 Å². The number of amides is 4. The molecule has 2 aliphatic heterocycles. The molecule has 3 heterocycles. The molecule has 0 aromatic carbocycles. The number of aromatic nitrogens is 4. The Morgan fingerprint density at radius 1 is 1.34 bits per heavy atom. The van der Waals surface area contributed by atoms with Gasteiger partial charge in [0.1, 0.15) is 5.54 Å². The number of rotatable bonds is 6. The van der Waals surface area contributed by atoms with Gasteiger partial charge < -0.3 is 10.1 Å². The topological polar surface area (TPSA) is 131 Å². The highest BCUT2D eigenvalue weighted by Crippen LogP contribution is 2.35. The van der Waals surface area contributed by atoms with Gasteiger partial charge in [0.15, 0.2) is 0 Å². The molecule has 3 fully saturated rings. The highest BCUT2D eigenvalue weighted by molar-refractivity contribution is 7.99. The van der Waals surface area contributed by atoms with Crippen LogP contribution in [-0.4, -0.2) is 67.1 Å². The van der Waals surface area contributed by atoms with Crippen molar-refractivity contribution in [3.63, 3.8) is 0 Å². The molecule has 158 valence electrons. The Labute approximate surface area is 172 Å². The van der Waals surface area contributed by atoms with Crippen molar-refractivity contribution in [3.8, 4) is 0 Å². The Bertz CT molecular complexity index is 786. The van der Waals surface area contributed by atoms with Gasteiger partial charge in [0.25, 0.3) is 5.91 Å². The Hall–Kier alpha value is -2.21. The van der Waals surface area contributed by atoms with Gasteiger partial charge >= 0.3 is 6.03 Å². The second-order valence-electron chi connectivity index (χ2n) is 7.94. The molecule has 0 unspecified atom stereocenters. The molecule has 3 aliphatic rings. The fourth-order valence-corrected chi connectivity index (χ4v) is 4.68. The number of hydrogen-bond acceptors (Lipinski definition) is 8. The highest BCUT2D eigenvalue weighted by Gasteiger charge is 2.52. The van der Waals surface area contributed by atoms with Crippen LogP contribution in [0.25, 0.3) is 0 Å². The maximum atomic E-state index is 12.8. The van der Waals surface area contributed by atoms with Gasteiger partial charge in [-0.3, -0.25) is 15.0 Å². The van der Waals surface area contributed by atoms with E-state index in [1.54, 1.807) is 4.68 Å². The lowest BCUT2D eigenvalue weighted by molar-refractivity contribution is -0.139. The minimum atomic E-state index is -0.880. The lowest BCUT2D eigenvalue weighted by Crippen LogP contribution is -2.51. The van der Waals surface area contributed by atoms with Crippen molar-refractivity contribution in [1.82, 2.24) is 36.0 Å². The molecule has 12 heteroatoms. The Balaban J connectivity index is 1.31. The third kappa shape index (κ3) is 4.22. The number of imide groups is 1. The van der Waals surface area contributed by atoms with Crippen LogP contribution in [-0.2, 0) is 20.9 Å². The number of carbonyl (C=O) groups is 3. The normalized spacial score (nSPS) is 29.5. The predicted octanol–water partition coefficient (Wildman–Crippen LogP) is 0.476. The molecule has 1 aliphatic carbocycles. The van der Waals surface area contributed by atoms with E-state index >= 15 is 0 Å². The van der Waals surface area contributed by atoms with Crippen molar-refractivity contribution in [2.75, 3.05) is 12.4 Å². The van der Waals surface area contributed by atoms with E-state index in [-0.39, 0.29) is 17.8 Å². The molecule has 1 aromatic heterocycles. The Morgan fingerprint density at radius 2 is 2.14 bits per heavy atom. The lowest BCUT2D eigenvalue weighted by atomic mass is 9.77. The number of hydrazine groups is 1. The number of tetrazole rings is 1. The van der Waals surface area contributed by atoms with Crippen molar-refractivity contribution in [2.45, 2.75) is 68.8 Å². The van der Waals surface area contributed by atoms with E-state index in [9.17, 15) is 14.4 Å². The van der Waals surface area contributed by atoms with Gasteiger partial charge in [0, 0.05) is 6.61 Å². The van der Waals surface area contributed by atoms with E-state index in [4.69, 9.17) is 4.74 Å². The predicted molar refractivity (Wildman–Crippen MR) is 101 cm³/mol. The van der Waals surface area contributed by atoms with Crippen molar-refractivity contribution in [1.29, 1.82) is 0 Å². The molecule has 0 bridgehead atoms. The molecule has 0 radical (unpaired) electrons. The van der Waals surface area contributed by atoms with Gasteiger partial charge in [0.05, 0.1) is 18.4 Å². The van der Waals surface area contributed by atoms with E-state index < -0.39 is 17.5 Å². The summed E-state index contributed by atoms with van der Waals surface area (Å²) in [6.07, 6.45) is 4.98. The van der Waals surface area contributed by atoms with E-state index in [1.807, 2.05) is 0 Å². The maximum Gasteiger partial charge on any atom is 0.344 e. The summed E-state index contributed by atoms with van der Waals surface area (Å²) in [5.41, 5.74) is 1.55. The fraction of sp³-hybridized carbons (Fsp3) is 0.765. The molecule has 2 N–H and O–H groups in total. The third-order valence-electron chi connectivity index (χ3n) is 5.76. The van der Waals surface area contributed by atoms with Crippen molar-refractivity contribution in [3.05, 3.63) is 0 Å². The van der Waals surface area contributed by atoms with E-state index in [2.05, 4.69) is 33.2 Å². The summed E-state index contributed by atoms with van der Waals surface area (Å²) < 4.78 is 7.20. The Morgan fingerprint density at radius 3 is 2.86 bits per heavy atom. The number of nitrogens with zero attached hydrogens (tertiary/aromatic N) is 5. The van der Waals surface area contributed by atoms with E-state index in [0.29, 0.717) is 30.5 Å². The molecule has 4 rings (SSSR count). The van der Waals surface area contributed by atoms with Gasteiger partial charge in [0.2, 0.25) is 11.1 Å². The first kappa shape index (κ1) is 20.1. The van der Waals surface area contributed by atoms with Gasteiger partial charge in [-0.25, -0.2) is 9.48 Å². The summed E-state index contributed by atoms with van der Waals surface area (Å²) in [6, 6.07) is -0.578. The number of nitrogens with one attached hydrogen (secondary N) is 2.